The lowest BCUT2D eigenvalue weighted by molar-refractivity contribution is -0.139. The van der Waals surface area contributed by atoms with Crippen molar-refractivity contribution in [3.63, 3.8) is 0 Å². The first-order valence-corrected chi connectivity index (χ1v) is 7.67. The first-order chi connectivity index (χ1) is 12.6. The van der Waals surface area contributed by atoms with E-state index in [9.17, 15) is 14.9 Å². The smallest absolute Gasteiger partial charge is 0.349 e. The minimum Gasteiger partial charge on any atom is -0.497 e. The van der Waals surface area contributed by atoms with Gasteiger partial charge in [-0.2, -0.15) is 5.26 Å². The number of benzene rings is 2. The molecule has 0 saturated heterocycles. The molecule has 0 unspecified atom stereocenters. The topological polar surface area (TPSA) is 85.6 Å². The summed E-state index contributed by atoms with van der Waals surface area (Å²) in [5.74, 6) is -0.546. The molecule has 0 aromatic heterocycles. The number of rotatable bonds is 6. The Morgan fingerprint density at radius 2 is 1.85 bits per heavy atom. The number of carbonyl (C=O) groups excluding carboxylic acids is 2. The number of esters is 2. The summed E-state index contributed by atoms with van der Waals surface area (Å²) in [6.07, 6.45) is 1.44. The van der Waals surface area contributed by atoms with Crippen molar-refractivity contribution in [1.29, 1.82) is 5.26 Å². The molecule has 26 heavy (non-hydrogen) atoms. The van der Waals surface area contributed by atoms with Crippen molar-refractivity contribution >= 4 is 18.0 Å². The molecule has 6 heteroatoms. The normalized spacial score (nSPS) is 10.6. The van der Waals surface area contributed by atoms with E-state index in [1.54, 1.807) is 55.6 Å². The van der Waals surface area contributed by atoms with E-state index in [-0.39, 0.29) is 12.2 Å². The lowest BCUT2D eigenvalue weighted by atomic mass is 10.1. The predicted octanol–water partition coefficient (Wildman–Crippen LogP) is 3.13. The van der Waals surface area contributed by atoms with Crippen molar-refractivity contribution in [3.8, 4) is 11.8 Å². The Balaban J connectivity index is 2.06. The second kappa shape index (κ2) is 9.04. The average molecular weight is 351 g/mol. The Bertz CT molecular complexity index is 863. The molecular formula is C20H17NO5. The van der Waals surface area contributed by atoms with Crippen LogP contribution >= 0.6 is 0 Å². The van der Waals surface area contributed by atoms with Crippen LogP contribution in [-0.4, -0.2) is 26.2 Å². The summed E-state index contributed by atoms with van der Waals surface area (Å²) in [5.41, 5.74) is 1.52. The summed E-state index contributed by atoms with van der Waals surface area (Å²) in [6, 6.07) is 15.3. The zero-order valence-corrected chi connectivity index (χ0v) is 14.4. The third kappa shape index (κ3) is 4.95. The molecule has 2 rings (SSSR count). The Labute approximate surface area is 151 Å². The Morgan fingerprint density at radius 1 is 1.12 bits per heavy atom. The van der Waals surface area contributed by atoms with E-state index in [2.05, 4.69) is 4.74 Å². The summed E-state index contributed by atoms with van der Waals surface area (Å²) in [4.78, 5) is 23.6. The van der Waals surface area contributed by atoms with Gasteiger partial charge in [-0.3, -0.25) is 0 Å². The highest BCUT2D eigenvalue weighted by atomic mass is 16.5. The summed E-state index contributed by atoms with van der Waals surface area (Å²) < 4.78 is 14.9. The fourth-order valence-electron chi connectivity index (χ4n) is 2.14. The fourth-order valence-corrected chi connectivity index (χ4v) is 2.14. The molecule has 0 radical (unpaired) electrons. The third-order valence-electron chi connectivity index (χ3n) is 3.49. The van der Waals surface area contributed by atoms with Gasteiger partial charge in [-0.1, -0.05) is 24.3 Å². The minimum atomic E-state index is -0.744. The third-order valence-corrected chi connectivity index (χ3v) is 3.49. The van der Waals surface area contributed by atoms with E-state index in [1.807, 2.05) is 6.07 Å². The second-order valence-corrected chi connectivity index (χ2v) is 5.21. The van der Waals surface area contributed by atoms with Gasteiger partial charge < -0.3 is 14.2 Å². The molecule has 0 aliphatic carbocycles. The van der Waals surface area contributed by atoms with Gasteiger partial charge in [0.15, 0.2) is 0 Å². The lowest BCUT2D eigenvalue weighted by Crippen LogP contribution is -2.08. The molecule has 132 valence electrons. The molecule has 0 saturated carbocycles. The van der Waals surface area contributed by atoms with Crippen LogP contribution in [0.1, 0.15) is 21.5 Å². The molecule has 0 amide bonds. The molecule has 2 aromatic rings. The number of ether oxygens (including phenoxy) is 3. The molecule has 0 bridgehead atoms. The first kappa shape index (κ1) is 18.7. The lowest BCUT2D eigenvalue weighted by Gasteiger charge is -2.06. The van der Waals surface area contributed by atoms with Crippen molar-refractivity contribution in [2.24, 2.45) is 0 Å². The number of methoxy groups -OCH3 is 2. The van der Waals surface area contributed by atoms with Crippen LogP contribution in [0, 0.1) is 11.3 Å². The maximum Gasteiger partial charge on any atom is 0.349 e. The van der Waals surface area contributed by atoms with Gasteiger partial charge >= 0.3 is 11.9 Å². The maximum absolute atomic E-state index is 12.1. The van der Waals surface area contributed by atoms with Gasteiger partial charge in [-0.05, 0) is 41.5 Å². The molecular weight excluding hydrogens is 334 g/mol. The van der Waals surface area contributed by atoms with Crippen LogP contribution in [-0.2, 0) is 20.9 Å². The highest BCUT2D eigenvalue weighted by Crippen LogP contribution is 2.15. The van der Waals surface area contributed by atoms with Crippen molar-refractivity contribution in [2.45, 2.75) is 6.61 Å². The Morgan fingerprint density at radius 3 is 2.46 bits per heavy atom. The summed E-state index contributed by atoms with van der Waals surface area (Å²) in [7, 11) is 2.84. The summed E-state index contributed by atoms with van der Waals surface area (Å²) in [6.45, 7) is -0.0642. The molecule has 0 N–H and O–H groups in total. The van der Waals surface area contributed by atoms with E-state index < -0.39 is 11.9 Å². The quantitative estimate of drug-likeness (QED) is 0.451. The number of carbonyl (C=O) groups is 2. The minimum absolute atomic E-state index is 0.0642. The zero-order valence-electron chi connectivity index (χ0n) is 14.4. The standard InChI is InChI=1S/C20H17NO5/c1-24-18-8-6-14(7-9-18)10-17(12-21)20(23)26-13-15-4-3-5-16(11-15)19(22)25-2/h3-11H,13H2,1-2H3/b17-10+. The molecule has 0 spiro atoms. The number of hydrogen-bond donors (Lipinski definition) is 0. The van der Waals surface area contributed by atoms with Crippen molar-refractivity contribution < 1.29 is 23.8 Å². The molecule has 0 heterocycles. The molecule has 2 aromatic carbocycles. The van der Waals surface area contributed by atoms with Gasteiger partial charge in [-0.15, -0.1) is 0 Å². The van der Waals surface area contributed by atoms with Gasteiger partial charge in [0.1, 0.15) is 24.0 Å². The van der Waals surface area contributed by atoms with E-state index in [4.69, 9.17) is 9.47 Å². The van der Waals surface area contributed by atoms with E-state index in [1.165, 1.54) is 13.2 Å². The van der Waals surface area contributed by atoms with E-state index in [0.29, 0.717) is 22.4 Å². The molecule has 0 aliphatic heterocycles. The largest absolute Gasteiger partial charge is 0.497 e. The molecule has 0 aliphatic rings. The molecule has 6 nitrogen and oxygen atoms in total. The van der Waals surface area contributed by atoms with Crippen molar-refractivity contribution in [1.82, 2.24) is 0 Å². The number of hydrogen-bond acceptors (Lipinski definition) is 6. The van der Waals surface area contributed by atoms with Gasteiger partial charge in [0.25, 0.3) is 0 Å². The monoisotopic (exact) mass is 351 g/mol. The SMILES string of the molecule is COC(=O)c1cccc(COC(=O)/C(C#N)=C/c2ccc(OC)cc2)c1. The van der Waals surface area contributed by atoms with Gasteiger partial charge in [0.2, 0.25) is 0 Å². The summed E-state index contributed by atoms with van der Waals surface area (Å²) in [5, 5.41) is 9.20. The Hall–Kier alpha value is -3.59. The van der Waals surface area contributed by atoms with Crippen LogP contribution in [0.5, 0.6) is 5.75 Å². The van der Waals surface area contributed by atoms with Crippen molar-refractivity contribution in [3.05, 3.63) is 70.8 Å². The van der Waals surface area contributed by atoms with Crippen molar-refractivity contribution in [2.75, 3.05) is 14.2 Å². The van der Waals surface area contributed by atoms with E-state index >= 15 is 0 Å². The summed E-state index contributed by atoms with van der Waals surface area (Å²) >= 11 is 0. The molecule has 0 fully saturated rings. The van der Waals surface area contributed by atoms with Crippen LogP contribution in [0.4, 0.5) is 0 Å². The van der Waals surface area contributed by atoms with Crippen LogP contribution in [0.2, 0.25) is 0 Å². The average Bonchev–Trinajstić information content (AvgIpc) is 2.70. The Kier molecular flexibility index (Phi) is 6.52. The zero-order chi connectivity index (χ0) is 18.9. The van der Waals surface area contributed by atoms with Gasteiger partial charge in [-0.25, -0.2) is 9.59 Å². The fraction of sp³-hybridized carbons (Fsp3) is 0.150. The number of nitrogens with zero attached hydrogens (tertiary/aromatic N) is 1. The van der Waals surface area contributed by atoms with Gasteiger partial charge in [0.05, 0.1) is 19.8 Å². The maximum atomic E-state index is 12.1. The highest BCUT2D eigenvalue weighted by Gasteiger charge is 2.12. The highest BCUT2D eigenvalue weighted by molar-refractivity contribution is 5.97. The van der Waals surface area contributed by atoms with Crippen LogP contribution in [0.15, 0.2) is 54.1 Å². The van der Waals surface area contributed by atoms with Crippen LogP contribution in [0.25, 0.3) is 6.08 Å². The van der Waals surface area contributed by atoms with E-state index in [0.717, 1.165) is 0 Å². The number of nitriles is 1. The first-order valence-electron chi connectivity index (χ1n) is 7.67. The molecule has 0 atom stereocenters. The van der Waals surface area contributed by atoms with Gasteiger partial charge in [0, 0.05) is 0 Å². The predicted molar refractivity (Wildman–Crippen MR) is 94.2 cm³/mol. The van der Waals surface area contributed by atoms with Crippen LogP contribution < -0.4 is 4.74 Å². The van der Waals surface area contributed by atoms with Crippen LogP contribution in [0.3, 0.4) is 0 Å². The second-order valence-electron chi connectivity index (χ2n) is 5.21.